The van der Waals surface area contributed by atoms with Crippen LogP contribution >= 0.6 is 0 Å². The van der Waals surface area contributed by atoms with Gasteiger partial charge in [0.2, 0.25) is 5.89 Å². The predicted octanol–water partition coefficient (Wildman–Crippen LogP) is 1.82. The highest BCUT2D eigenvalue weighted by atomic mass is 16.5. The maximum Gasteiger partial charge on any atom is 0.303 e. The van der Waals surface area contributed by atoms with Gasteiger partial charge in [0, 0.05) is 19.3 Å². The molecule has 1 saturated carbocycles. The van der Waals surface area contributed by atoms with Crippen LogP contribution in [0.4, 0.5) is 0 Å². The Hall–Kier alpha value is -1.39. The van der Waals surface area contributed by atoms with Crippen molar-refractivity contribution in [1.29, 1.82) is 0 Å². The summed E-state index contributed by atoms with van der Waals surface area (Å²) < 4.78 is 5.09. The molecule has 1 fully saturated rings. The Morgan fingerprint density at radius 2 is 2.25 bits per heavy atom. The second-order valence-electron chi connectivity index (χ2n) is 4.35. The first-order valence-corrected chi connectivity index (χ1v) is 5.77. The maximum atomic E-state index is 10.3. The van der Waals surface area contributed by atoms with E-state index in [1.54, 1.807) is 0 Å². The fourth-order valence-electron chi connectivity index (χ4n) is 1.61. The third-order valence-corrected chi connectivity index (χ3v) is 2.71. The van der Waals surface area contributed by atoms with Crippen molar-refractivity contribution in [2.45, 2.75) is 44.9 Å². The van der Waals surface area contributed by atoms with Gasteiger partial charge in [-0.15, -0.1) is 0 Å². The number of carbonyl (C=O) groups is 1. The van der Waals surface area contributed by atoms with E-state index in [-0.39, 0.29) is 6.42 Å². The third kappa shape index (κ3) is 3.64. The van der Waals surface area contributed by atoms with Gasteiger partial charge in [0.15, 0.2) is 5.82 Å². The molecular weight excluding hydrogens is 208 g/mol. The standard InChI is InChI=1S/C11H16N2O3/c14-11(15)4-2-1-3-10-12-9(13-16-10)7-8-5-6-8/h8H,1-7H2,(H,14,15). The zero-order valence-electron chi connectivity index (χ0n) is 9.19. The van der Waals surface area contributed by atoms with Crippen molar-refractivity contribution in [3.05, 3.63) is 11.7 Å². The van der Waals surface area contributed by atoms with E-state index in [9.17, 15) is 4.79 Å². The second kappa shape index (κ2) is 5.09. The lowest BCUT2D eigenvalue weighted by Gasteiger charge is -1.93. The first-order valence-electron chi connectivity index (χ1n) is 5.77. The van der Waals surface area contributed by atoms with Gasteiger partial charge in [-0.25, -0.2) is 0 Å². The lowest BCUT2D eigenvalue weighted by atomic mass is 10.2. The largest absolute Gasteiger partial charge is 0.481 e. The molecule has 1 N–H and O–H groups in total. The number of aliphatic carboxylic acids is 1. The molecule has 0 spiro atoms. The van der Waals surface area contributed by atoms with Gasteiger partial charge in [-0.2, -0.15) is 4.98 Å². The first-order chi connectivity index (χ1) is 7.74. The van der Waals surface area contributed by atoms with Crippen molar-refractivity contribution in [3.8, 4) is 0 Å². The van der Waals surface area contributed by atoms with Gasteiger partial charge < -0.3 is 9.63 Å². The molecular formula is C11H16N2O3. The van der Waals surface area contributed by atoms with Gasteiger partial charge in [0.1, 0.15) is 0 Å². The Balaban J connectivity index is 1.68. The molecule has 0 aliphatic heterocycles. The van der Waals surface area contributed by atoms with Gasteiger partial charge in [0.25, 0.3) is 0 Å². The van der Waals surface area contributed by atoms with E-state index in [1.165, 1.54) is 12.8 Å². The molecule has 1 heterocycles. The van der Waals surface area contributed by atoms with Crippen LogP contribution in [-0.4, -0.2) is 21.2 Å². The molecule has 16 heavy (non-hydrogen) atoms. The molecule has 0 bridgehead atoms. The monoisotopic (exact) mass is 224 g/mol. The Labute approximate surface area is 93.9 Å². The van der Waals surface area contributed by atoms with E-state index in [1.807, 2.05) is 0 Å². The molecule has 1 aliphatic carbocycles. The second-order valence-corrected chi connectivity index (χ2v) is 4.35. The minimum Gasteiger partial charge on any atom is -0.481 e. The number of unbranched alkanes of at least 4 members (excludes halogenated alkanes) is 1. The number of rotatable bonds is 7. The van der Waals surface area contributed by atoms with Crippen LogP contribution < -0.4 is 0 Å². The van der Waals surface area contributed by atoms with Crippen molar-refractivity contribution in [1.82, 2.24) is 10.1 Å². The lowest BCUT2D eigenvalue weighted by Crippen LogP contribution is -1.95. The van der Waals surface area contributed by atoms with Crippen molar-refractivity contribution in [2.24, 2.45) is 5.92 Å². The summed E-state index contributed by atoms with van der Waals surface area (Å²) in [7, 11) is 0. The van der Waals surface area contributed by atoms with Gasteiger partial charge >= 0.3 is 5.97 Å². The van der Waals surface area contributed by atoms with Gasteiger partial charge in [-0.1, -0.05) is 5.16 Å². The zero-order valence-corrected chi connectivity index (χ0v) is 9.19. The minimum absolute atomic E-state index is 0.211. The maximum absolute atomic E-state index is 10.3. The molecule has 0 radical (unpaired) electrons. The number of hydrogen-bond donors (Lipinski definition) is 1. The fraction of sp³-hybridized carbons (Fsp3) is 0.727. The number of aryl methyl sites for hydroxylation is 1. The van der Waals surface area contributed by atoms with Crippen LogP contribution in [0.2, 0.25) is 0 Å². The quantitative estimate of drug-likeness (QED) is 0.715. The summed E-state index contributed by atoms with van der Waals surface area (Å²) in [6.07, 6.45) is 5.84. The molecule has 0 amide bonds. The van der Waals surface area contributed by atoms with Crippen LogP contribution in [0.15, 0.2) is 4.52 Å². The van der Waals surface area contributed by atoms with E-state index in [4.69, 9.17) is 9.63 Å². The van der Waals surface area contributed by atoms with Gasteiger partial charge in [-0.05, 0) is 31.6 Å². The summed E-state index contributed by atoms with van der Waals surface area (Å²) in [6.45, 7) is 0. The molecule has 1 aromatic heterocycles. The van der Waals surface area contributed by atoms with E-state index in [2.05, 4.69) is 10.1 Å². The average molecular weight is 224 g/mol. The van der Waals surface area contributed by atoms with Crippen molar-refractivity contribution >= 4 is 5.97 Å². The number of carboxylic acid groups (broad SMARTS) is 1. The summed E-state index contributed by atoms with van der Waals surface area (Å²) in [5.41, 5.74) is 0. The van der Waals surface area contributed by atoms with E-state index < -0.39 is 5.97 Å². The van der Waals surface area contributed by atoms with Crippen molar-refractivity contribution in [3.63, 3.8) is 0 Å². The fourth-order valence-corrected chi connectivity index (χ4v) is 1.61. The molecule has 0 aromatic carbocycles. The topological polar surface area (TPSA) is 76.2 Å². The molecule has 1 aromatic rings. The SMILES string of the molecule is O=C(O)CCCCc1nc(CC2CC2)no1. The predicted molar refractivity (Wildman–Crippen MR) is 55.9 cm³/mol. The molecule has 88 valence electrons. The number of nitrogens with zero attached hydrogens (tertiary/aromatic N) is 2. The Morgan fingerprint density at radius 3 is 2.94 bits per heavy atom. The highest BCUT2D eigenvalue weighted by molar-refractivity contribution is 5.66. The molecule has 5 heteroatoms. The van der Waals surface area contributed by atoms with Crippen LogP contribution in [0.25, 0.3) is 0 Å². The number of aromatic nitrogens is 2. The third-order valence-electron chi connectivity index (χ3n) is 2.71. The molecule has 0 atom stereocenters. The average Bonchev–Trinajstić information content (AvgIpc) is 2.92. The molecule has 5 nitrogen and oxygen atoms in total. The Kier molecular flexibility index (Phi) is 3.54. The van der Waals surface area contributed by atoms with Crippen LogP contribution in [0.3, 0.4) is 0 Å². The highest BCUT2D eigenvalue weighted by Gasteiger charge is 2.23. The number of carboxylic acids is 1. The van der Waals surface area contributed by atoms with Crippen LogP contribution in [0.1, 0.15) is 43.8 Å². The van der Waals surface area contributed by atoms with Gasteiger partial charge in [0.05, 0.1) is 0 Å². The first kappa shape index (κ1) is 11.1. The van der Waals surface area contributed by atoms with E-state index in [0.29, 0.717) is 18.7 Å². The zero-order chi connectivity index (χ0) is 11.4. The molecule has 0 unspecified atom stereocenters. The number of hydrogen-bond acceptors (Lipinski definition) is 4. The summed E-state index contributed by atoms with van der Waals surface area (Å²) in [6, 6.07) is 0. The minimum atomic E-state index is -0.750. The van der Waals surface area contributed by atoms with Gasteiger partial charge in [-0.3, -0.25) is 4.79 Å². The van der Waals surface area contributed by atoms with Crippen LogP contribution in [0, 0.1) is 5.92 Å². The normalized spacial score (nSPS) is 15.2. The van der Waals surface area contributed by atoms with Crippen LogP contribution in [-0.2, 0) is 17.6 Å². The van der Waals surface area contributed by atoms with Crippen molar-refractivity contribution < 1.29 is 14.4 Å². The van der Waals surface area contributed by atoms with Crippen molar-refractivity contribution in [2.75, 3.05) is 0 Å². The highest BCUT2D eigenvalue weighted by Crippen LogP contribution is 2.31. The Bertz CT molecular complexity index is 358. The lowest BCUT2D eigenvalue weighted by molar-refractivity contribution is -0.137. The summed E-state index contributed by atoms with van der Waals surface area (Å²) in [5, 5.41) is 12.4. The summed E-state index contributed by atoms with van der Waals surface area (Å²) in [5.74, 6) is 1.45. The van der Waals surface area contributed by atoms with Crippen LogP contribution in [0.5, 0.6) is 0 Å². The molecule has 2 rings (SSSR count). The van der Waals surface area contributed by atoms with E-state index in [0.717, 1.165) is 24.6 Å². The Morgan fingerprint density at radius 1 is 1.44 bits per heavy atom. The summed E-state index contributed by atoms with van der Waals surface area (Å²) >= 11 is 0. The molecule has 0 saturated heterocycles. The van der Waals surface area contributed by atoms with E-state index >= 15 is 0 Å². The summed E-state index contributed by atoms with van der Waals surface area (Å²) in [4.78, 5) is 14.6. The smallest absolute Gasteiger partial charge is 0.303 e. The molecule has 1 aliphatic rings.